The van der Waals surface area contributed by atoms with Gasteiger partial charge in [-0.3, -0.25) is 67.8 Å². The Hall–Kier alpha value is -14.5. The molecule has 5 unspecified atom stereocenters. The molecule has 15 amide bonds. The maximum atomic E-state index is 14.8. The first-order valence-electron chi connectivity index (χ1n) is 41.7. The summed E-state index contributed by atoms with van der Waals surface area (Å²) in [5, 5.41) is 77.1. The molecule has 0 aliphatic carbocycles. The van der Waals surface area contributed by atoms with Crippen LogP contribution in [0, 0.1) is 0 Å². The lowest BCUT2D eigenvalue weighted by molar-refractivity contribution is -0.141. The van der Waals surface area contributed by atoms with Crippen molar-refractivity contribution in [3.63, 3.8) is 0 Å². The maximum Gasteiger partial charge on any atom is 0.327 e. The van der Waals surface area contributed by atoms with Gasteiger partial charge in [-0.1, -0.05) is 114 Å². The van der Waals surface area contributed by atoms with Crippen molar-refractivity contribution in [3.05, 3.63) is 162 Å². The van der Waals surface area contributed by atoms with E-state index in [1.54, 1.807) is 96.2 Å². The first-order valence-corrected chi connectivity index (χ1v) is 42.8. The van der Waals surface area contributed by atoms with Gasteiger partial charge in [-0.2, -0.15) is 0 Å². The number of anilines is 1. The maximum absolute atomic E-state index is 14.8. The Morgan fingerprint density at radius 1 is 0.500 bits per heavy atom. The third-order valence-electron chi connectivity index (χ3n) is 20.8. The molecule has 5 heterocycles. The molecule has 690 valence electrons. The number of aromatic nitrogens is 5. The van der Waals surface area contributed by atoms with Gasteiger partial charge in [0.25, 0.3) is 0 Å². The number of urea groups is 2. The fourth-order valence-corrected chi connectivity index (χ4v) is 15.4. The molecule has 10 rings (SSSR count). The van der Waals surface area contributed by atoms with Crippen LogP contribution in [-0.4, -0.2) is 277 Å². The van der Waals surface area contributed by atoms with E-state index in [0.29, 0.717) is 76.1 Å². The Morgan fingerprint density at radius 3 is 1.69 bits per heavy atom. The topological polar surface area (TPSA) is 629 Å². The zero-order valence-electron chi connectivity index (χ0n) is 70.5. The largest absolute Gasteiger partial charge is 0.481 e. The van der Waals surface area contributed by atoms with Crippen LogP contribution >= 0.6 is 11.8 Å². The number of aromatic amines is 2. The fraction of sp³-hybridized carbons (Fsp3) is 0.384. The minimum absolute atomic E-state index is 0.0153. The van der Waals surface area contributed by atoms with Crippen molar-refractivity contribution >= 4 is 140 Å². The van der Waals surface area contributed by atoms with Gasteiger partial charge in [0.1, 0.15) is 41.9 Å². The predicted molar refractivity (Wildman–Crippen MR) is 468 cm³/mol. The SMILES string of the molecule is NCCNCCn1nnc2c1-c1ccccc1N(C(=O)CCNC(=O)CCOCCOCCNC(=O)CCN1C(=O)CC(SCC(NC(=O)CNC(=O)C(Cc3c[nH]c4ccccc34)NC(=O)C(Cc3c[nH]c4ccccc34)NC(=O)CNC(=O)C(Cc3ccccc3)NC(=O)NC(=O)CC[C@H](NC(=O)N[C@@H](CCC(=O)O)C(=O)O)C(=O)O)C(=O)O)C1=O)Cc1ccccc1-2. The normalized spacial score (nSPS) is 14.1. The number of nitrogens with zero attached hydrogens (tertiary/aromatic N) is 5. The van der Waals surface area contributed by atoms with E-state index in [9.17, 15) is 96.8 Å². The number of carbonyl (C=O) groups is 17. The molecule has 3 aromatic heterocycles. The number of fused-ring (bicyclic) bond motifs is 7. The van der Waals surface area contributed by atoms with E-state index in [1.165, 1.54) is 0 Å². The molecule has 20 N–H and O–H groups in total. The Kier molecular flexibility index (Phi) is 36.8. The first-order chi connectivity index (χ1) is 62.6. The van der Waals surface area contributed by atoms with Crippen LogP contribution in [0.25, 0.3) is 44.3 Å². The van der Waals surface area contributed by atoms with E-state index < -0.39 is 175 Å². The van der Waals surface area contributed by atoms with Crippen molar-refractivity contribution in [2.75, 3.05) is 89.4 Å². The molecule has 43 nitrogen and oxygen atoms in total. The van der Waals surface area contributed by atoms with Crippen molar-refractivity contribution in [1.29, 1.82) is 0 Å². The minimum atomic E-state index is -1.82. The standard InChI is InChI=1S/C86H102N20O23S/c87-29-31-88-32-35-106-77-57-18-8-11-21-66(57)105(48-51-14-4-5-17-56(51)76(77)102-103-106)73(112)26-30-89-69(108)28-36-128-38-39-129-37-33-90-68(107)27-34-104-74(113)43-67(81(104)119)130-49-65(84(124)125)96-72(111)47-94-79(117)63(41-52-44-91-58-19-9-6-15-54(52)58)97-80(118)64(42-53-45-92-59-20-10-7-16-55(53)59)95-71(110)46-93-78(116)62(40-50-12-2-1-3-13-50)100-86(127)101-70(109)24-22-60(82(120)121)98-85(126)99-61(83(122)123)23-25-75(114)115/h1-21,44-45,60-65,67,88,91-92H,22-43,46-49,87H2,(H,89,108)(H,90,107)(H,93,116)(H,94,117)(H,95,110)(H,96,111)(H,97,118)(H,114,115)(H,120,121)(H,122,123)(H,124,125)(H2,98,99,126)(H2,100,101,109,127)/t60-,61-,62?,63?,64?,65?,67?/m0/s1. The molecular formula is C86H102N20O23S. The number of nitrogens with one attached hydrogen (secondary N) is 14. The van der Waals surface area contributed by atoms with Crippen LogP contribution in [0.1, 0.15) is 73.6 Å². The van der Waals surface area contributed by atoms with Crippen LogP contribution in [0.15, 0.2) is 140 Å². The number of carboxylic acid groups (broad SMARTS) is 4. The van der Waals surface area contributed by atoms with Gasteiger partial charge in [0.2, 0.25) is 65.0 Å². The van der Waals surface area contributed by atoms with E-state index in [2.05, 4.69) is 68.1 Å². The first kappa shape index (κ1) is 97.7. The van der Waals surface area contributed by atoms with Crippen molar-refractivity contribution < 1.29 is 111 Å². The fourth-order valence-electron chi connectivity index (χ4n) is 14.3. The molecule has 2 aliphatic rings. The highest BCUT2D eigenvalue weighted by atomic mass is 32.2. The number of H-pyrrole nitrogens is 2. The summed E-state index contributed by atoms with van der Waals surface area (Å²) in [5.74, 6) is -14.8. The van der Waals surface area contributed by atoms with Crippen LogP contribution in [0.4, 0.5) is 15.3 Å². The zero-order chi connectivity index (χ0) is 93.2. The van der Waals surface area contributed by atoms with Gasteiger partial charge in [0.15, 0.2) is 0 Å². The lowest BCUT2D eigenvalue weighted by atomic mass is 9.95. The highest BCUT2D eigenvalue weighted by Crippen LogP contribution is 2.41. The molecule has 44 heteroatoms. The second-order valence-electron chi connectivity index (χ2n) is 30.1. The number of carbonyl (C=O) groups excluding carboxylic acids is 13. The number of ether oxygens (including phenoxy) is 2. The number of amides is 15. The molecule has 130 heavy (non-hydrogen) atoms. The Balaban J connectivity index is 0.653. The smallest absolute Gasteiger partial charge is 0.327 e. The van der Waals surface area contributed by atoms with Crippen LogP contribution in [0.5, 0.6) is 0 Å². The molecule has 0 radical (unpaired) electrons. The summed E-state index contributed by atoms with van der Waals surface area (Å²) in [6.45, 7) is 1.08. The highest BCUT2D eigenvalue weighted by molar-refractivity contribution is 8.00. The number of benzene rings is 5. The number of hydrogen-bond acceptors (Lipinski definition) is 24. The summed E-state index contributed by atoms with van der Waals surface area (Å²) >= 11 is 0.777. The summed E-state index contributed by atoms with van der Waals surface area (Å²) < 4.78 is 13.0. The third kappa shape index (κ3) is 29.0. The number of rotatable bonds is 51. The average molecular weight is 1820 g/mol. The van der Waals surface area contributed by atoms with Crippen LogP contribution < -0.4 is 74.4 Å². The average Bonchev–Trinajstić information content (AvgIpc) is 1.53. The van der Waals surface area contributed by atoms with Crippen molar-refractivity contribution in [2.45, 2.75) is 125 Å². The van der Waals surface area contributed by atoms with Gasteiger partial charge in [0, 0.05) is 148 Å². The molecule has 0 bridgehead atoms. The Morgan fingerprint density at radius 2 is 1.05 bits per heavy atom. The van der Waals surface area contributed by atoms with Crippen LogP contribution in [0.3, 0.4) is 0 Å². The molecule has 7 atom stereocenters. The number of thioether (sulfide) groups is 1. The summed E-state index contributed by atoms with van der Waals surface area (Å²) in [5.41, 5.74) is 13.2. The van der Waals surface area contributed by atoms with Crippen LogP contribution in [-0.2, 0) is 114 Å². The molecule has 8 aromatic rings. The van der Waals surface area contributed by atoms with E-state index in [4.69, 9.17) is 20.3 Å². The monoisotopic (exact) mass is 1810 g/mol. The minimum Gasteiger partial charge on any atom is -0.481 e. The zero-order valence-corrected chi connectivity index (χ0v) is 71.3. The van der Waals surface area contributed by atoms with E-state index in [0.717, 1.165) is 39.0 Å². The number of nitrogens with two attached hydrogens (primary N) is 1. The number of para-hydroxylation sites is 3. The highest BCUT2D eigenvalue weighted by Gasteiger charge is 2.41. The lowest BCUT2D eigenvalue weighted by Crippen LogP contribution is -2.57. The Bertz CT molecular complexity index is 5410. The van der Waals surface area contributed by atoms with Gasteiger partial charge in [-0.15, -0.1) is 16.9 Å². The molecule has 1 saturated heterocycles. The number of likely N-dealkylation sites (tertiary alicyclic amines) is 1. The van der Waals surface area contributed by atoms with Gasteiger partial charge >= 0.3 is 35.9 Å². The van der Waals surface area contributed by atoms with Crippen LogP contribution in [0.2, 0.25) is 0 Å². The molecule has 5 aromatic carbocycles. The quantitative estimate of drug-likeness (QED) is 0.0174. The summed E-state index contributed by atoms with van der Waals surface area (Å²) in [6.07, 6.45) is -0.619. The predicted octanol–water partition coefficient (Wildman–Crippen LogP) is -0.189. The Labute approximate surface area is 746 Å². The number of aliphatic carboxylic acids is 4. The van der Waals surface area contributed by atoms with Crippen molar-refractivity contribution in [1.82, 2.24) is 93.7 Å². The second-order valence-corrected chi connectivity index (χ2v) is 31.4. The van der Waals surface area contributed by atoms with Gasteiger partial charge < -0.3 is 109 Å². The van der Waals surface area contributed by atoms with E-state index in [1.807, 2.05) is 69.2 Å². The summed E-state index contributed by atoms with van der Waals surface area (Å²) in [4.78, 5) is 232. The van der Waals surface area contributed by atoms with Crippen molar-refractivity contribution in [3.8, 4) is 22.5 Å². The summed E-state index contributed by atoms with van der Waals surface area (Å²) in [6, 6.07) is 25.2. The molecule has 1 fully saturated rings. The number of carboxylic acids is 4. The number of hydrogen-bond donors (Lipinski definition) is 19. The molecule has 2 aliphatic heterocycles. The van der Waals surface area contributed by atoms with E-state index in [-0.39, 0.29) is 109 Å². The lowest BCUT2D eigenvalue weighted by Gasteiger charge is -2.29. The van der Waals surface area contributed by atoms with Crippen molar-refractivity contribution in [2.24, 2.45) is 5.73 Å². The van der Waals surface area contributed by atoms with E-state index >= 15 is 0 Å². The van der Waals surface area contributed by atoms with Gasteiger partial charge in [0.05, 0.1) is 69.2 Å². The molecule has 0 saturated carbocycles. The molecule has 0 spiro atoms. The van der Waals surface area contributed by atoms with Gasteiger partial charge in [-0.25, -0.2) is 28.7 Å². The number of imide groups is 2. The molecular weight excluding hydrogens is 1710 g/mol. The summed E-state index contributed by atoms with van der Waals surface area (Å²) in [7, 11) is 0. The third-order valence-corrected chi connectivity index (χ3v) is 22.1. The second kappa shape index (κ2) is 49.0. The van der Waals surface area contributed by atoms with Gasteiger partial charge in [-0.05, 0) is 53.3 Å².